The number of aliphatic hydroxyl groups excluding tert-OH is 1. The van der Waals surface area contributed by atoms with Gasteiger partial charge in [0.1, 0.15) is 19.3 Å². The summed E-state index contributed by atoms with van der Waals surface area (Å²) >= 11 is 0. The van der Waals surface area contributed by atoms with E-state index in [4.69, 9.17) is 37.0 Å². The average Bonchev–Trinajstić information content (AvgIpc) is 0.932. The standard InChI is InChI=1S/C81H158O17P2/c1-7-10-12-14-16-18-19-20-29-35-41-47-53-59-65-80(85)97-76(69-91-78(83)63-57-51-45-37-17-15-13-11-8-2)71-95-99(87,88)93-67-75(82)68-94-100(89,90)96-72-77(70-92-79(84)64-58-52-46-40-34-30-26-25-28-33-39-44-50-56-62-74(6)9-3)98-81(86)66-60-54-48-42-36-31-24-22-21-23-27-32-38-43-49-55-61-73(4)5/h73-77,82H,7-72H2,1-6H3,(H,87,88)(H,89,90)/t74?,75-,76+,77+/m0/s1. The van der Waals surface area contributed by atoms with Gasteiger partial charge in [0, 0.05) is 25.7 Å². The molecule has 0 amide bonds. The molecule has 0 aromatic rings. The summed E-state index contributed by atoms with van der Waals surface area (Å²) in [5, 5.41) is 10.6. The average molecular weight is 1470 g/mol. The van der Waals surface area contributed by atoms with Crippen LogP contribution in [0.25, 0.3) is 0 Å². The van der Waals surface area contributed by atoms with Crippen molar-refractivity contribution in [3.63, 3.8) is 0 Å². The third kappa shape index (κ3) is 73.0. The molecular formula is C81H158O17P2. The monoisotopic (exact) mass is 1470 g/mol. The smallest absolute Gasteiger partial charge is 0.462 e. The molecule has 0 fully saturated rings. The second-order valence-corrected chi connectivity index (χ2v) is 32.8. The lowest BCUT2D eigenvalue weighted by Crippen LogP contribution is -2.30. The Morgan fingerprint density at radius 1 is 0.290 bits per heavy atom. The van der Waals surface area contributed by atoms with Crippen molar-refractivity contribution in [2.45, 2.75) is 445 Å². The van der Waals surface area contributed by atoms with Gasteiger partial charge in [-0.25, -0.2) is 9.13 Å². The summed E-state index contributed by atoms with van der Waals surface area (Å²) in [6, 6.07) is 0. The summed E-state index contributed by atoms with van der Waals surface area (Å²) in [4.78, 5) is 73.0. The number of hydrogen-bond acceptors (Lipinski definition) is 15. The van der Waals surface area contributed by atoms with Crippen LogP contribution in [0.4, 0.5) is 0 Å². The molecule has 594 valence electrons. The lowest BCUT2D eigenvalue weighted by atomic mass is 9.99. The van der Waals surface area contributed by atoms with Crippen molar-refractivity contribution in [2.75, 3.05) is 39.6 Å². The summed E-state index contributed by atoms with van der Waals surface area (Å²) in [7, 11) is -9.92. The minimum absolute atomic E-state index is 0.108. The van der Waals surface area contributed by atoms with Gasteiger partial charge < -0.3 is 33.8 Å². The van der Waals surface area contributed by atoms with Crippen LogP contribution in [0.15, 0.2) is 0 Å². The molecule has 0 aromatic carbocycles. The van der Waals surface area contributed by atoms with Crippen LogP contribution >= 0.6 is 15.6 Å². The first-order chi connectivity index (χ1) is 48.4. The molecule has 0 aromatic heterocycles. The van der Waals surface area contributed by atoms with E-state index < -0.39 is 97.5 Å². The van der Waals surface area contributed by atoms with Gasteiger partial charge in [0.25, 0.3) is 0 Å². The van der Waals surface area contributed by atoms with Crippen LogP contribution in [-0.2, 0) is 65.4 Å². The summed E-state index contributed by atoms with van der Waals surface area (Å²) < 4.78 is 68.7. The lowest BCUT2D eigenvalue weighted by Gasteiger charge is -2.21. The lowest BCUT2D eigenvalue weighted by molar-refractivity contribution is -0.161. The number of phosphoric acid groups is 2. The molecule has 0 bridgehead atoms. The van der Waals surface area contributed by atoms with Crippen molar-refractivity contribution < 1.29 is 80.2 Å². The Morgan fingerprint density at radius 2 is 0.510 bits per heavy atom. The number of carbonyl (C=O) groups is 4. The van der Waals surface area contributed by atoms with E-state index in [9.17, 15) is 43.2 Å². The zero-order chi connectivity index (χ0) is 73.5. The van der Waals surface area contributed by atoms with Gasteiger partial charge in [0.05, 0.1) is 26.4 Å². The van der Waals surface area contributed by atoms with Gasteiger partial charge in [-0.3, -0.25) is 37.3 Å². The molecule has 100 heavy (non-hydrogen) atoms. The molecule has 0 saturated heterocycles. The number of carbonyl (C=O) groups excluding carboxylic acids is 4. The molecule has 0 radical (unpaired) electrons. The van der Waals surface area contributed by atoms with Crippen molar-refractivity contribution in [1.29, 1.82) is 0 Å². The number of esters is 4. The number of unbranched alkanes of at least 4 members (excludes halogenated alkanes) is 49. The Morgan fingerprint density at radius 3 is 0.760 bits per heavy atom. The maximum absolute atomic E-state index is 13.1. The Kier molecular flexibility index (Phi) is 71.2. The number of phosphoric ester groups is 2. The first-order valence-corrected chi connectivity index (χ1v) is 45.0. The highest BCUT2D eigenvalue weighted by atomic mass is 31.2. The van der Waals surface area contributed by atoms with E-state index in [0.29, 0.717) is 25.7 Å². The largest absolute Gasteiger partial charge is 0.472 e. The van der Waals surface area contributed by atoms with Gasteiger partial charge in [-0.1, -0.05) is 375 Å². The molecule has 0 aliphatic rings. The Hall–Kier alpha value is -1.94. The predicted octanol–water partition coefficient (Wildman–Crippen LogP) is 24.3. The molecule has 0 spiro atoms. The van der Waals surface area contributed by atoms with E-state index in [-0.39, 0.29) is 25.7 Å². The quantitative estimate of drug-likeness (QED) is 0.0222. The number of hydrogen-bond donors (Lipinski definition) is 3. The van der Waals surface area contributed by atoms with E-state index in [1.54, 1.807) is 0 Å². The molecule has 17 nitrogen and oxygen atoms in total. The molecule has 3 unspecified atom stereocenters. The Bertz CT molecular complexity index is 1930. The van der Waals surface area contributed by atoms with E-state index in [1.807, 2.05) is 0 Å². The van der Waals surface area contributed by atoms with Crippen molar-refractivity contribution >= 4 is 39.5 Å². The van der Waals surface area contributed by atoms with Gasteiger partial charge in [0.2, 0.25) is 0 Å². The zero-order valence-corrected chi connectivity index (χ0v) is 67.3. The van der Waals surface area contributed by atoms with Crippen molar-refractivity contribution in [3.8, 4) is 0 Å². The molecule has 0 aliphatic heterocycles. The van der Waals surface area contributed by atoms with Gasteiger partial charge in [-0.05, 0) is 37.5 Å². The van der Waals surface area contributed by atoms with Crippen LogP contribution in [0.2, 0.25) is 0 Å². The normalized spacial score (nSPS) is 14.2. The maximum atomic E-state index is 13.1. The molecule has 3 N–H and O–H groups in total. The highest BCUT2D eigenvalue weighted by Crippen LogP contribution is 2.45. The van der Waals surface area contributed by atoms with Crippen molar-refractivity contribution in [3.05, 3.63) is 0 Å². The third-order valence-electron chi connectivity index (χ3n) is 19.3. The van der Waals surface area contributed by atoms with Crippen LogP contribution in [0.1, 0.15) is 427 Å². The summed E-state index contributed by atoms with van der Waals surface area (Å²) in [6.45, 7) is 9.71. The molecule has 0 aliphatic carbocycles. The fraction of sp³-hybridized carbons (Fsp3) is 0.951. The molecule has 6 atom stereocenters. The number of aliphatic hydroxyl groups is 1. The third-order valence-corrected chi connectivity index (χ3v) is 21.2. The van der Waals surface area contributed by atoms with Crippen LogP contribution < -0.4 is 0 Å². The SMILES string of the molecule is CCCCCCCCCCCCCCCCC(=O)O[C@H](COC(=O)CCCCCCCCCCC)COP(=O)(O)OC[C@H](O)COP(=O)(O)OC[C@@H](COC(=O)CCCCCCCCCCCCCCCCC(C)CC)OC(=O)CCCCCCCCCCCCCCCCCCC(C)C. The van der Waals surface area contributed by atoms with E-state index in [1.165, 1.54) is 244 Å². The minimum Gasteiger partial charge on any atom is -0.462 e. The maximum Gasteiger partial charge on any atom is 0.472 e. The Balaban J connectivity index is 5.22. The van der Waals surface area contributed by atoms with Gasteiger partial charge in [0.15, 0.2) is 12.2 Å². The summed E-state index contributed by atoms with van der Waals surface area (Å²) in [5.41, 5.74) is 0. The van der Waals surface area contributed by atoms with Gasteiger partial charge >= 0.3 is 39.5 Å². The molecule has 0 saturated carbocycles. The minimum atomic E-state index is -4.96. The zero-order valence-electron chi connectivity index (χ0n) is 65.5. The summed E-state index contributed by atoms with van der Waals surface area (Å²) in [5.74, 6) is -0.449. The van der Waals surface area contributed by atoms with Crippen molar-refractivity contribution in [1.82, 2.24) is 0 Å². The molecule has 19 heteroatoms. The second kappa shape index (κ2) is 72.6. The molecule has 0 rings (SSSR count). The fourth-order valence-electron chi connectivity index (χ4n) is 12.5. The Labute approximate surface area is 613 Å². The van der Waals surface area contributed by atoms with Crippen molar-refractivity contribution in [2.24, 2.45) is 11.8 Å². The van der Waals surface area contributed by atoms with Crippen LogP contribution in [-0.4, -0.2) is 96.7 Å². The van der Waals surface area contributed by atoms with Gasteiger partial charge in [-0.2, -0.15) is 0 Å². The summed E-state index contributed by atoms with van der Waals surface area (Å²) in [6.07, 6.45) is 62.3. The highest BCUT2D eigenvalue weighted by molar-refractivity contribution is 7.47. The first kappa shape index (κ1) is 98.1. The van der Waals surface area contributed by atoms with Crippen LogP contribution in [0, 0.1) is 11.8 Å². The number of ether oxygens (including phenoxy) is 4. The van der Waals surface area contributed by atoms with Crippen LogP contribution in [0.5, 0.6) is 0 Å². The van der Waals surface area contributed by atoms with Gasteiger partial charge in [-0.15, -0.1) is 0 Å². The highest BCUT2D eigenvalue weighted by Gasteiger charge is 2.30. The van der Waals surface area contributed by atoms with Crippen LogP contribution in [0.3, 0.4) is 0 Å². The van der Waals surface area contributed by atoms with E-state index in [0.717, 1.165) is 102 Å². The topological polar surface area (TPSA) is 237 Å². The molecule has 0 heterocycles. The van der Waals surface area contributed by atoms with E-state index >= 15 is 0 Å². The number of rotatable bonds is 80. The predicted molar refractivity (Wildman–Crippen MR) is 409 cm³/mol. The second-order valence-electron chi connectivity index (χ2n) is 29.9. The molecular weight excluding hydrogens is 1310 g/mol. The first-order valence-electron chi connectivity index (χ1n) is 42.0. The van der Waals surface area contributed by atoms with E-state index in [2.05, 4.69) is 41.5 Å². The fourth-order valence-corrected chi connectivity index (χ4v) is 14.1.